The Kier molecular flexibility index (Phi) is 5.64. The van der Waals surface area contributed by atoms with Gasteiger partial charge in [-0.1, -0.05) is 6.92 Å². The molecule has 1 atom stereocenters. The van der Waals surface area contributed by atoms with Crippen LogP contribution in [0, 0.1) is 0 Å². The first-order valence-electron chi connectivity index (χ1n) is 4.03. The molecular weight excluding hydrogens is 126 g/mol. The van der Waals surface area contributed by atoms with Gasteiger partial charge in [0.15, 0.2) is 0 Å². The summed E-state index contributed by atoms with van der Waals surface area (Å²) in [6, 6.07) is 0.608. The summed E-state index contributed by atoms with van der Waals surface area (Å²) < 4.78 is 0. The Morgan fingerprint density at radius 2 is 2.10 bits per heavy atom. The van der Waals surface area contributed by atoms with Gasteiger partial charge in [-0.15, -0.1) is 0 Å². The van der Waals surface area contributed by atoms with Gasteiger partial charge >= 0.3 is 0 Å². The van der Waals surface area contributed by atoms with E-state index in [-0.39, 0.29) is 0 Å². The van der Waals surface area contributed by atoms with E-state index >= 15 is 0 Å². The van der Waals surface area contributed by atoms with Gasteiger partial charge in [0.05, 0.1) is 0 Å². The zero-order valence-corrected chi connectivity index (χ0v) is 7.30. The van der Waals surface area contributed by atoms with Crippen LogP contribution in [-0.4, -0.2) is 36.2 Å². The molecule has 0 saturated carbocycles. The average Bonchev–Trinajstić information content (AvgIpc) is 1.98. The Bertz CT molecular complexity index is 75.7. The highest BCUT2D eigenvalue weighted by atomic mass is 16.2. The maximum absolute atomic E-state index is 8.55. The molecule has 0 rings (SSSR count). The molecule has 0 aromatic carbocycles. The molecule has 0 aliphatic heterocycles. The lowest BCUT2D eigenvalue weighted by molar-refractivity contribution is 0.224. The van der Waals surface area contributed by atoms with Gasteiger partial charge in [0.1, 0.15) is 0 Å². The SMILES string of the molecule is CCN(C)C(C)CCCO. The summed E-state index contributed by atoms with van der Waals surface area (Å²) in [5.74, 6) is 0. The van der Waals surface area contributed by atoms with E-state index in [0.717, 1.165) is 19.4 Å². The standard InChI is InChI=1S/C8H19NO/c1-4-9(3)8(2)6-5-7-10/h8,10H,4-7H2,1-3H3. The molecule has 0 spiro atoms. The van der Waals surface area contributed by atoms with Crippen molar-refractivity contribution >= 4 is 0 Å². The van der Waals surface area contributed by atoms with E-state index in [2.05, 4.69) is 25.8 Å². The highest BCUT2D eigenvalue weighted by Crippen LogP contribution is 2.02. The monoisotopic (exact) mass is 145 g/mol. The Balaban J connectivity index is 3.31. The maximum atomic E-state index is 8.55. The number of aliphatic hydroxyl groups excluding tert-OH is 1. The quantitative estimate of drug-likeness (QED) is 0.626. The lowest BCUT2D eigenvalue weighted by Gasteiger charge is -2.22. The lowest BCUT2D eigenvalue weighted by Crippen LogP contribution is -2.28. The van der Waals surface area contributed by atoms with Crippen LogP contribution >= 0.6 is 0 Å². The summed E-state index contributed by atoms with van der Waals surface area (Å²) in [5, 5.41) is 8.55. The molecule has 0 heterocycles. The van der Waals surface area contributed by atoms with Gasteiger partial charge in [0.2, 0.25) is 0 Å². The molecule has 0 aromatic rings. The summed E-state index contributed by atoms with van der Waals surface area (Å²) in [7, 11) is 2.11. The molecule has 0 aliphatic carbocycles. The average molecular weight is 145 g/mol. The van der Waals surface area contributed by atoms with Crippen molar-refractivity contribution in [2.75, 3.05) is 20.2 Å². The second-order valence-corrected chi connectivity index (χ2v) is 2.79. The highest BCUT2D eigenvalue weighted by Gasteiger charge is 2.04. The van der Waals surface area contributed by atoms with Crippen molar-refractivity contribution in [3.63, 3.8) is 0 Å². The molecule has 1 unspecified atom stereocenters. The predicted octanol–water partition coefficient (Wildman–Crippen LogP) is 1.10. The zero-order chi connectivity index (χ0) is 7.98. The minimum Gasteiger partial charge on any atom is -0.396 e. The van der Waals surface area contributed by atoms with Gasteiger partial charge in [0, 0.05) is 12.6 Å². The molecule has 0 radical (unpaired) electrons. The molecule has 0 saturated heterocycles. The summed E-state index contributed by atoms with van der Waals surface area (Å²) in [6.07, 6.45) is 2.02. The van der Waals surface area contributed by atoms with Gasteiger partial charge in [-0.2, -0.15) is 0 Å². The van der Waals surface area contributed by atoms with E-state index < -0.39 is 0 Å². The summed E-state index contributed by atoms with van der Waals surface area (Å²) in [5.41, 5.74) is 0. The maximum Gasteiger partial charge on any atom is 0.0431 e. The summed E-state index contributed by atoms with van der Waals surface area (Å²) in [6.45, 7) is 5.75. The van der Waals surface area contributed by atoms with E-state index in [1.165, 1.54) is 0 Å². The smallest absolute Gasteiger partial charge is 0.0431 e. The van der Waals surface area contributed by atoms with Crippen LogP contribution in [0.3, 0.4) is 0 Å². The molecule has 0 bridgehead atoms. The Morgan fingerprint density at radius 1 is 1.50 bits per heavy atom. The van der Waals surface area contributed by atoms with E-state index in [9.17, 15) is 0 Å². The largest absolute Gasteiger partial charge is 0.396 e. The van der Waals surface area contributed by atoms with Crippen LogP contribution in [0.2, 0.25) is 0 Å². The fourth-order valence-electron chi connectivity index (χ4n) is 0.919. The normalized spacial score (nSPS) is 14.1. The first kappa shape index (κ1) is 9.92. The van der Waals surface area contributed by atoms with E-state index in [1.54, 1.807) is 0 Å². The minimum atomic E-state index is 0.321. The van der Waals surface area contributed by atoms with Gasteiger partial charge in [-0.25, -0.2) is 0 Å². The molecule has 0 aliphatic rings. The number of hydrogen-bond acceptors (Lipinski definition) is 2. The summed E-state index contributed by atoms with van der Waals surface area (Å²) in [4.78, 5) is 2.29. The van der Waals surface area contributed by atoms with E-state index in [4.69, 9.17) is 5.11 Å². The number of rotatable bonds is 5. The minimum absolute atomic E-state index is 0.321. The van der Waals surface area contributed by atoms with Crippen molar-refractivity contribution in [3.05, 3.63) is 0 Å². The molecule has 0 aromatic heterocycles. The van der Waals surface area contributed by atoms with Crippen molar-refractivity contribution in [2.24, 2.45) is 0 Å². The van der Waals surface area contributed by atoms with E-state index in [1.807, 2.05) is 0 Å². The molecule has 2 nitrogen and oxygen atoms in total. The first-order valence-corrected chi connectivity index (χ1v) is 4.03. The summed E-state index contributed by atoms with van der Waals surface area (Å²) >= 11 is 0. The first-order chi connectivity index (χ1) is 4.72. The van der Waals surface area contributed by atoms with Crippen molar-refractivity contribution in [3.8, 4) is 0 Å². The van der Waals surface area contributed by atoms with Crippen LogP contribution in [0.4, 0.5) is 0 Å². The van der Waals surface area contributed by atoms with Crippen LogP contribution in [-0.2, 0) is 0 Å². The molecule has 0 amide bonds. The molecule has 62 valence electrons. The van der Waals surface area contributed by atoms with Crippen LogP contribution in [0.1, 0.15) is 26.7 Å². The third-order valence-corrected chi connectivity index (χ3v) is 2.03. The van der Waals surface area contributed by atoms with E-state index in [0.29, 0.717) is 12.6 Å². The van der Waals surface area contributed by atoms with Crippen molar-refractivity contribution in [1.82, 2.24) is 4.90 Å². The fourth-order valence-corrected chi connectivity index (χ4v) is 0.919. The Labute approximate surface area is 63.8 Å². The highest BCUT2D eigenvalue weighted by molar-refractivity contribution is 4.60. The Hall–Kier alpha value is -0.0800. The lowest BCUT2D eigenvalue weighted by atomic mass is 10.2. The number of nitrogens with zero attached hydrogens (tertiary/aromatic N) is 1. The number of hydrogen-bond donors (Lipinski definition) is 1. The third kappa shape index (κ3) is 3.85. The van der Waals surface area contributed by atoms with Crippen LogP contribution in [0.15, 0.2) is 0 Å². The molecule has 10 heavy (non-hydrogen) atoms. The number of aliphatic hydroxyl groups is 1. The van der Waals surface area contributed by atoms with Gasteiger partial charge in [-0.3, -0.25) is 0 Å². The van der Waals surface area contributed by atoms with Crippen LogP contribution in [0.5, 0.6) is 0 Å². The molecule has 2 heteroatoms. The zero-order valence-electron chi connectivity index (χ0n) is 7.30. The molecular formula is C8H19NO. The van der Waals surface area contributed by atoms with Crippen molar-refractivity contribution < 1.29 is 5.11 Å². The predicted molar refractivity (Wildman–Crippen MR) is 44.1 cm³/mol. The second kappa shape index (κ2) is 5.69. The van der Waals surface area contributed by atoms with Gasteiger partial charge < -0.3 is 10.0 Å². The molecule has 1 N–H and O–H groups in total. The van der Waals surface area contributed by atoms with Crippen molar-refractivity contribution in [2.45, 2.75) is 32.7 Å². The molecule has 0 fully saturated rings. The second-order valence-electron chi connectivity index (χ2n) is 2.79. The van der Waals surface area contributed by atoms with Crippen LogP contribution in [0.25, 0.3) is 0 Å². The van der Waals surface area contributed by atoms with Crippen molar-refractivity contribution in [1.29, 1.82) is 0 Å². The van der Waals surface area contributed by atoms with Crippen LogP contribution < -0.4 is 0 Å². The fraction of sp³-hybridized carbons (Fsp3) is 1.00. The van der Waals surface area contributed by atoms with Gasteiger partial charge in [-0.05, 0) is 33.4 Å². The Morgan fingerprint density at radius 3 is 2.50 bits per heavy atom. The van der Waals surface area contributed by atoms with Gasteiger partial charge in [0.25, 0.3) is 0 Å². The third-order valence-electron chi connectivity index (χ3n) is 2.03. The topological polar surface area (TPSA) is 23.5 Å².